The summed E-state index contributed by atoms with van der Waals surface area (Å²) in [7, 11) is 0. The second kappa shape index (κ2) is 14.0. The first-order chi connectivity index (χ1) is 6.18. The van der Waals surface area contributed by atoms with Crippen LogP contribution in [0.15, 0.2) is 0 Å². The highest BCUT2D eigenvalue weighted by Crippen LogP contribution is 2.04. The summed E-state index contributed by atoms with van der Waals surface area (Å²) in [5, 5.41) is 8.27. The lowest BCUT2D eigenvalue weighted by atomic mass is 10.1. The van der Waals surface area contributed by atoms with Crippen molar-refractivity contribution in [3.05, 3.63) is 0 Å². The number of nitrogens with two attached hydrogens (primary N) is 1. The van der Waals surface area contributed by atoms with Crippen LogP contribution >= 0.6 is 0 Å². The molecule has 80 valence electrons. The van der Waals surface area contributed by atoms with Gasteiger partial charge in [-0.25, -0.2) is 0 Å². The van der Waals surface area contributed by atoms with Gasteiger partial charge < -0.3 is 10.8 Å². The van der Waals surface area contributed by atoms with E-state index in [0.717, 1.165) is 19.4 Å². The lowest BCUT2D eigenvalue weighted by Gasteiger charge is -1.95. The SMILES string of the molecule is CCCCCCCC(=O)O.CCN. The van der Waals surface area contributed by atoms with Crippen LogP contribution in [0.5, 0.6) is 0 Å². The highest BCUT2D eigenvalue weighted by Gasteiger charge is 1.94. The number of rotatable bonds is 6. The third-order valence-corrected chi connectivity index (χ3v) is 1.49. The molecule has 0 aliphatic heterocycles. The summed E-state index contributed by atoms with van der Waals surface area (Å²) in [6, 6.07) is 0. The molecule has 0 aliphatic rings. The van der Waals surface area contributed by atoms with Gasteiger partial charge in [0, 0.05) is 6.42 Å². The van der Waals surface area contributed by atoms with Gasteiger partial charge in [-0.1, -0.05) is 39.5 Å². The number of hydrogen-bond acceptors (Lipinski definition) is 2. The van der Waals surface area contributed by atoms with Crippen molar-refractivity contribution < 1.29 is 9.90 Å². The van der Waals surface area contributed by atoms with Crippen molar-refractivity contribution in [1.82, 2.24) is 0 Å². The van der Waals surface area contributed by atoms with Gasteiger partial charge in [-0.3, -0.25) is 4.79 Å². The van der Waals surface area contributed by atoms with Crippen LogP contribution in [0, 0.1) is 0 Å². The van der Waals surface area contributed by atoms with Gasteiger partial charge in [0.15, 0.2) is 0 Å². The minimum absolute atomic E-state index is 0.337. The molecule has 0 saturated heterocycles. The Kier molecular flexibility index (Phi) is 16.1. The average Bonchev–Trinajstić information content (AvgIpc) is 2.05. The molecule has 0 heterocycles. The first-order valence-electron chi connectivity index (χ1n) is 5.10. The normalized spacial score (nSPS) is 8.85. The first kappa shape index (κ1) is 14.9. The summed E-state index contributed by atoms with van der Waals surface area (Å²) >= 11 is 0. The van der Waals surface area contributed by atoms with Crippen molar-refractivity contribution >= 4 is 5.97 Å². The molecule has 0 atom stereocenters. The molecular weight excluding hydrogens is 166 g/mol. The second-order valence-corrected chi connectivity index (χ2v) is 2.97. The topological polar surface area (TPSA) is 63.3 Å². The second-order valence-electron chi connectivity index (χ2n) is 2.97. The van der Waals surface area contributed by atoms with E-state index >= 15 is 0 Å². The Labute approximate surface area is 81.3 Å². The fourth-order valence-corrected chi connectivity index (χ4v) is 0.880. The lowest BCUT2D eigenvalue weighted by Crippen LogP contribution is -1.93. The van der Waals surface area contributed by atoms with Gasteiger partial charge in [-0.05, 0) is 13.0 Å². The van der Waals surface area contributed by atoms with E-state index in [0.29, 0.717) is 6.42 Å². The molecule has 0 fully saturated rings. The number of unbranched alkanes of at least 4 members (excludes halogenated alkanes) is 4. The number of carbonyl (C=O) groups is 1. The Morgan fingerprint density at radius 3 is 2.00 bits per heavy atom. The van der Waals surface area contributed by atoms with Crippen LogP contribution in [-0.2, 0) is 4.79 Å². The number of hydrogen-bond donors (Lipinski definition) is 2. The molecule has 3 N–H and O–H groups in total. The highest BCUT2D eigenvalue weighted by atomic mass is 16.4. The van der Waals surface area contributed by atoms with Crippen LogP contribution in [-0.4, -0.2) is 17.6 Å². The third kappa shape index (κ3) is 24.6. The number of aliphatic carboxylic acids is 1. The monoisotopic (exact) mass is 189 g/mol. The van der Waals surface area contributed by atoms with E-state index in [1.807, 2.05) is 6.92 Å². The zero-order chi connectivity index (χ0) is 10.5. The summed E-state index contributed by atoms with van der Waals surface area (Å²) in [4.78, 5) is 10.0. The molecule has 0 radical (unpaired) electrons. The predicted molar refractivity (Wildman–Crippen MR) is 55.7 cm³/mol. The van der Waals surface area contributed by atoms with Gasteiger partial charge in [0.25, 0.3) is 0 Å². The molecule has 0 aromatic carbocycles. The van der Waals surface area contributed by atoms with E-state index in [1.165, 1.54) is 19.3 Å². The Morgan fingerprint density at radius 2 is 1.62 bits per heavy atom. The van der Waals surface area contributed by atoms with Crippen LogP contribution in [0.4, 0.5) is 0 Å². The van der Waals surface area contributed by atoms with Gasteiger partial charge in [-0.15, -0.1) is 0 Å². The maximum atomic E-state index is 10.0. The van der Waals surface area contributed by atoms with Crippen molar-refractivity contribution in [2.24, 2.45) is 5.73 Å². The van der Waals surface area contributed by atoms with Crippen molar-refractivity contribution in [3.8, 4) is 0 Å². The van der Waals surface area contributed by atoms with E-state index in [4.69, 9.17) is 10.8 Å². The lowest BCUT2D eigenvalue weighted by molar-refractivity contribution is -0.137. The zero-order valence-corrected chi connectivity index (χ0v) is 8.88. The fourth-order valence-electron chi connectivity index (χ4n) is 0.880. The first-order valence-corrected chi connectivity index (χ1v) is 5.10. The standard InChI is InChI=1S/C8H16O2.C2H7N/c1-2-3-4-5-6-7-8(9)10;1-2-3/h2-7H2,1H3,(H,9,10);2-3H2,1H3. The molecule has 0 spiro atoms. The maximum Gasteiger partial charge on any atom is 0.303 e. The Morgan fingerprint density at radius 1 is 1.15 bits per heavy atom. The van der Waals surface area contributed by atoms with E-state index in [9.17, 15) is 4.79 Å². The van der Waals surface area contributed by atoms with E-state index in [-0.39, 0.29) is 0 Å². The largest absolute Gasteiger partial charge is 0.481 e. The smallest absolute Gasteiger partial charge is 0.303 e. The Hall–Kier alpha value is -0.570. The molecule has 3 heteroatoms. The summed E-state index contributed by atoms with van der Waals surface area (Å²) in [6.07, 6.45) is 5.88. The highest BCUT2D eigenvalue weighted by molar-refractivity contribution is 5.66. The summed E-state index contributed by atoms with van der Waals surface area (Å²) in [5.41, 5.74) is 4.85. The summed E-state index contributed by atoms with van der Waals surface area (Å²) < 4.78 is 0. The number of carboxylic acids is 1. The van der Waals surface area contributed by atoms with E-state index in [1.54, 1.807) is 0 Å². The maximum absolute atomic E-state index is 10.0. The van der Waals surface area contributed by atoms with Crippen molar-refractivity contribution in [2.75, 3.05) is 6.54 Å². The molecular formula is C10H23NO2. The molecule has 0 amide bonds. The quantitative estimate of drug-likeness (QED) is 0.631. The Bertz CT molecular complexity index is 105. The molecule has 0 aliphatic carbocycles. The molecule has 0 rings (SSSR count). The summed E-state index contributed by atoms with van der Waals surface area (Å²) in [5.74, 6) is -0.670. The van der Waals surface area contributed by atoms with E-state index in [2.05, 4.69) is 6.92 Å². The van der Waals surface area contributed by atoms with Crippen LogP contribution in [0.1, 0.15) is 52.4 Å². The van der Waals surface area contributed by atoms with Gasteiger partial charge >= 0.3 is 5.97 Å². The molecule has 0 aromatic heterocycles. The average molecular weight is 189 g/mol. The minimum atomic E-state index is -0.670. The van der Waals surface area contributed by atoms with Gasteiger partial charge in [0.1, 0.15) is 0 Å². The van der Waals surface area contributed by atoms with Gasteiger partial charge in [0.2, 0.25) is 0 Å². The zero-order valence-electron chi connectivity index (χ0n) is 8.88. The molecule has 0 bridgehead atoms. The molecule has 0 unspecified atom stereocenters. The van der Waals surface area contributed by atoms with Gasteiger partial charge in [-0.2, -0.15) is 0 Å². The minimum Gasteiger partial charge on any atom is -0.481 e. The van der Waals surface area contributed by atoms with Crippen molar-refractivity contribution in [2.45, 2.75) is 52.4 Å². The van der Waals surface area contributed by atoms with Crippen molar-refractivity contribution in [1.29, 1.82) is 0 Å². The van der Waals surface area contributed by atoms with Crippen LogP contribution < -0.4 is 5.73 Å². The van der Waals surface area contributed by atoms with Gasteiger partial charge in [0.05, 0.1) is 0 Å². The van der Waals surface area contributed by atoms with Crippen LogP contribution in [0.2, 0.25) is 0 Å². The van der Waals surface area contributed by atoms with Crippen LogP contribution in [0.25, 0.3) is 0 Å². The molecule has 3 nitrogen and oxygen atoms in total. The predicted octanol–water partition coefficient (Wildman–Crippen LogP) is 2.40. The third-order valence-electron chi connectivity index (χ3n) is 1.49. The fraction of sp³-hybridized carbons (Fsp3) is 0.900. The van der Waals surface area contributed by atoms with Crippen LogP contribution in [0.3, 0.4) is 0 Å². The summed E-state index contributed by atoms with van der Waals surface area (Å²) in [6.45, 7) is 4.80. The number of carboxylic acid groups (broad SMARTS) is 1. The molecule has 0 aromatic rings. The molecule has 13 heavy (non-hydrogen) atoms. The van der Waals surface area contributed by atoms with E-state index < -0.39 is 5.97 Å². The Balaban J connectivity index is 0. The van der Waals surface area contributed by atoms with Crippen molar-refractivity contribution in [3.63, 3.8) is 0 Å². The molecule has 0 saturated carbocycles.